The van der Waals surface area contributed by atoms with E-state index in [4.69, 9.17) is 0 Å². The summed E-state index contributed by atoms with van der Waals surface area (Å²) in [5.74, 6) is 0. The maximum absolute atomic E-state index is 11.8. The Morgan fingerprint density at radius 2 is 1.91 bits per heavy atom. The molecule has 0 aliphatic rings. The van der Waals surface area contributed by atoms with Crippen molar-refractivity contribution in [1.29, 1.82) is 0 Å². The monoisotopic (exact) mass is 317 g/mol. The Morgan fingerprint density at radius 3 is 2.57 bits per heavy atom. The number of nitrogens with zero attached hydrogens (tertiary/aromatic N) is 2. The van der Waals surface area contributed by atoms with Crippen LogP contribution < -0.4 is 11.2 Å². The van der Waals surface area contributed by atoms with E-state index >= 15 is 0 Å². The topological polar surface area (TPSA) is 78.3 Å². The van der Waals surface area contributed by atoms with Crippen LogP contribution in [-0.2, 0) is 6.54 Å². The summed E-state index contributed by atoms with van der Waals surface area (Å²) in [6.45, 7) is 3.25. The first-order valence-corrected chi connectivity index (χ1v) is 7.69. The molecule has 1 aromatic carbocycles. The van der Waals surface area contributed by atoms with Crippen LogP contribution in [0.4, 0.5) is 0 Å². The molecular formula is C17H23N3O3. The molecule has 2 N–H and O–H groups in total. The van der Waals surface area contributed by atoms with Gasteiger partial charge in [0.05, 0.1) is 6.10 Å². The van der Waals surface area contributed by atoms with Gasteiger partial charge in [-0.15, -0.1) is 0 Å². The number of nitrogens with one attached hydrogen (secondary N) is 1. The van der Waals surface area contributed by atoms with Gasteiger partial charge in [0.2, 0.25) is 0 Å². The third kappa shape index (κ3) is 4.91. The molecule has 0 saturated carbocycles. The summed E-state index contributed by atoms with van der Waals surface area (Å²) in [6.07, 6.45) is 0.0868. The van der Waals surface area contributed by atoms with Crippen LogP contribution in [0.25, 0.3) is 0 Å². The molecule has 0 unspecified atom stereocenters. The van der Waals surface area contributed by atoms with Gasteiger partial charge in [0.15, 0.2) is 0 Å². The minimum Gasteiger partial charge on any atom is -0.388 e. The molecule has 0 aliphatic heterocycles. The van der Waals surface area contributed by atoms with E-state index in [-0.39, 0.29) is 11.2 Å². The van der Waals surface area contributed by atoms with Crippen molar-refractivity contribution < 1.29 is 5.11 Å². The predicted molar refractivity (Wildman–Crippen MR) is 89.6 cm³/mol. The van der Waals surface area contributed by atoms with E-state index in [1.54, 1.807) is 6.92 Å². The number of aliphatic hydroxyl groups excluding tert-OH is 1. The Balaban J connectivity index is 1.85. The molecule has 0 aliphatic carbocycles. The average molecular weight is 317 g/mol. The third-order valence-electron chi connectivity index (χ3n) is 3.83. The van der Waals surface area contributed by atoms with Crippen LogP contribution in [0.1, 0.15) is 23.8 Å². The van der Waals surface area contributed by atoms with E-state index < -0.39 is 6.10 Å². The van der Waals surface area contributed by atoms with Gasteiger partial charge in [-0.25, -0.2) is 4.79 Å². The Kier molecular flexibility index (Phi) is 5.90. The molecule has 1 aromatic heterocycles. The highest BCUT2D eigenvalue weighted by Gasteiger charge is 2.09. The van der Waals surface area contributed by atoms with Gasteiger partial charge in [-0.2, -0.15) is 0 Å². The van der Waals surface area contributed by atoms with Crippen molar-refractivity contribution in [1.82, 2.24) is 14.5 Å². The van der Waals surface area contributed by atoms with Crippen molar-refractivity contribution in [2.24, 2.45) is 0 Å². The van der Waals surface area contributed by atoms with E-state index in [9.17, 15) is 14.7 Å². The molecule has 0 saturated heterocycles. The zero-order chi connectivity index (χ0) is 16.8. The molecule has 124 valence electrons. The number of likely N-dealkylation sites (N-methyl/N-ethyl adjacent to an activating group) is 1. The Bertz CT molecular complexity index is 705. The van der Waals surface area contributed by atoms with Crippen LogP contribution in [0.3, 0.4) is 0 Å². The van der Waals surface area contributed by atoms with E-state index in [0.717, 1.165) is 5.56 Å². The number of aryl methyl sites for hydroxylation is 1. The first kappa shape index (κ1) is 17.2. The van der Waals surface area contributed by atoms with Crippen molar-refractivity contribution in [3.05, 3.63) is 68.5 Å². The zero-order valence-electron chi connectivity index (χ0n) is 13.5. The van der Waals surface area contributed by atoms with E-state index in [1.165, 1.54) is 10.6 Å². The smallest absolute Gasteiger partial charge is 0.328 e. The minimum atomic E-state index is -0.510. The van der Waals surface area contributed by atoms with Crippen molar-refractivity contribution in [2.45, 2.75) is 26.0 Å². The predicted octanol–water partition coefficient (Wildman–Crippen LogP) is 0.901. The molecular weight excluding hydrogens is 294 g/mol. The maximum atomic E-state index is 11.8. The lowest BCUT2D eigenvalue weighted by Crippen LogP contribution is -2.38. The van der Waals surface area contributed by atoms with Crippen LogP contribution in [0.2, 0.25) is 0 Å². The lowest BCUT2D eigenvalue weighted by molar-refractivity contribution is 0.148. The van der Waals surface area contributed by atoms with Crippen LogP contribution in [0.15, 0.2) is 46.0 Å². The largest absolute Gasteiger partial charge is 0.388 e. The lowest BCUT2D eigenvalue weighted by Gasteiger charge is -2.19. The molecule has 0 spiro atoms. The summed E-state index contributed by atoms with van der Waals surface area (Å²) < 4.78 is 1.19. The van der Waals surface area contributed by atoms with Gasteiger partial charge < -0.3 is 15.0 Å². The van der Waals surface area contributed by atoms with Gasteiger partial charge in [-0.3, -0.25) is 9.36 Å². The highest BCUT2D eigenvalue weighted by molar-refractivity contribution is 5.17. The normalized spacial score (nSPS) is 12.5. The fraction of sp³-hybridized carbons (Fsp3) is 0.412. The van der Waals surface area contributed by atoms with Crippen LogP contribution in [0.5, 0.6) is 0 Å². The van der Waals surface area contributed by atoms with Crippen molar-refractivity contribution in [2.75, 3.05) is 20.1 Å². The number of H-pyrrole nitrogens is 1. The molecule has 6 nitrogen and oxygen atoms in total. The fourth-order valence-electron chi connectivity index (χ4n) is 2.41. The standard InChI is InChI=1S/C17H23N3O3/c1-13-12-16(22)20(17(23)18-13)11-10-19(2)9-8-15(21)14-6-4-3-5-7-14/h3-7,12,15,21H,8-11H2,1-2H3,(H,18,23)/t15-/m1/s1. The van der Waals surface area contributed by atoms with Gasteiger partial charge in [0, 0.05) is 31.4 Å². The van der Waals surface area contributed by atoms with Crippen LogP contribution in [-0.4, -0.2) is 39.7 Å². The second-order valence-electron chi connectivity index (χ2n) is 5.77. The first-order valence-electron chi connectivity index (χ1n) is 7.69. The SMILES string of the molecule is Cc1cc(=O)n(CCN(C)CC[C@@H](O)c2ccccc2)c(=O)[nH]1. The number of rotatable bonds is 7. The molecule has 2 aromatic rings. The number of hydrogen-bond acceptors (Lipinski definition) is 4. The van der Waals surface area contributed by atoms with Gasteiger partial charge in [0.1, 0.15) is 0 Å². The number of aliphatic hydroxyl groups is 1. The van der Waals surface area contributed by atoms with Crippen molar-refractivity contribution >= 4 is 0 Å². The van der Waals surface area contributed by atoms with Crippen molar-refractivity contribution in [3.8, 4) is 0 Å². The van der Waals surface area contributed by atoms with Crippen LogP contribution in [0, 0.1) is 6.92 Å². The second-order valence-corrected chi connectivity index (χ2v) is 5.77. The summed E-state index contributed by atoms with van der Waals surface area (Å²) >= 11 is 0. The van der Waals surface area contributed by atoms with E-state index in [0.29, 0.717) is 31.7 Å². The molecule has 2 rings (SSSR count). The number of aromatic amines is 1. The quantitative estimate of drug-likeness (QED) is 0.795. The molecule has 0 fully saturated rings. The molecule has 0 bridgehead atoms. The molecule has 0 radical (unpaired) electrons. The number of benzene rings is 1. The molecule has 0 amide bonds. The summed E-state index contributed by atoms with van der Waals surface area (Å²) in [5.41, 5.74) is 0.791. The van der Waals surface area contributed by atoms with Gasteiger partial charge >= 0.3 is 5.69 Å². The lowest BCUT2D eigenvalue weighted by atomic mass is 10.1. The molecule has 6 heteroatoms. The second kappa shape index (κ2) is 7.89. The fourth-order valence-corrected chi connectivity index (χ4v) is 2.41. The summed E-state index contributed by atoms with van der Waals surface area (Å²) in [5, 5.41) is 10.1. The summed E-state index contributed by atoms with van der Waals surface area (Å²) in [4.78, 5) is 28.2. The van der Waals surface area contributed by atoms with Gasteiger partial charge in [-0.05, 0) is 26.0 Å². The Hall–Kier alpha value is -2.18. The third-order valence-corrected chi connectivity index (χ3v) is 3.83. The Labute approximate surface area is 135 Å². The highest BCUT2D eigenvalue weighted by atomic mass is 16.3. The molecule has 23 heavy (non-hydrogen) atoms. The highest BCUT2D eigenvalue weighted by Crippen LogP contribution is 2.15. The van der Waals surface area contributed by atoms with Crippen molar-refractivity contribution in [3.63, 3.8) is 0 Å². The van der Waals surface area contributed by atoms with E-state index in [2.05, 4.69) is 4.98 Å². The maximum Gasteiger partial charge on any atom is 0.328 e. The average Bonchev–Trinajstić information content (AvgIpc) is 2.52. The summed E-state index contributed by atoms with van der Waals surface area (Å²) in [6, 6.07) is 10.9. The number of hydrogen-bond donors (Lipinski definition) is 2. The van der Waals surface area contributed by atoms with Crippen LogP contribution >= 0.6 is 0 Å². The number of aromatic nitrogens is 2. The minimum absolute atomic E-state index is 0.288. The molecule has 1 heterocycles. The van der Waals surface area contributed by atoms with Gasteiger partial charge in [0.25, 0.3) is 5.56 Å². The zero-order valence-corrected chi connectivity index (χ0v) is 13.5. The summed E-state index contributed by atoms with van der Waals surface area (Å²) in [7, 11) is 1.91. The molecule has 1 atom stereocenters. The Morgan fingerprint density at radius 1 is 1.22 bits per heavy atom. The first-order chi connectivity index (χ1) is 11.0. The van der Waals surface area contributed by atoms with Gasteiger partial charge in [-0.1, -0.05) is 30.3 Å². The van der Waals surface area contributed by atoms with E-state index in [1.807, 2.05) is 42.3 Å².